The van der Waals surface area contributed by atoms with Crippen molar-refractivity contribution < 1.29 is 9.47 Å². The lowest BCUT2D eigenvalue weighted by Crippen LogP contribution is -2.25. The zero-order valence-corrected chi connectivity index (χ0v) is 33.6. The van der Waals surface area contributed by atoms with Gasteiger partial charge in [0.25, 0.3) is 0 Å². The number of benzene rings is 10. The summed E-state index contributed by atoms with van der Waals surface area (Å²) in [6, 6.07) is 80.5. The second kappa shape index (κ2) is 13.4. The third-order valence-corrected chi connectivity index (χ3v) is 13.1. The normalized spacial score (nSPS) is 13.2. The van der Waals surface area contributed by atoms with E-state index in [0.29, 0.717) is 5.75 Å². The van der Waals surface area contributed by atoms with E-state index >= 15 is 0 Å². The van der Waals surface area contributed by atoms with Crippen LogP contribution in [0.4, 0.5) is 17.1 Å². The van der Waals surface area contributed by atoms with E-state index in [1.165, 1.54) is 60.8 Å². The van der Waals surface area contributed by atoms with Gasteiger partial charge in [-0.15, -0.1) is 0 Å². The number of hydrogen-bond acceptors (Lipinski definition) is 3. The lowest BCUT2D eigenvalue weighted by atomic mass is 9.70. The quantitative estimate of drug-likeness (QED) is 0.173. The second-order valence-corrected chi connectivity index (χ2v) is 16.4. The minimum atomic E-state index is -0.464. The van der Waals surface area contributed by atoms with Crippen LogP contribution in [0.1, 0.15) is 22.3 Å². The van der Waals surface area contributed by atoms with Gasteiger partial charge < -0.3 is 14.4 Å². The number of ether oxygens (including phenoxy) is 2. The van der Waals surface area contributed by atoms with Crippen molar-refractivity contribution in [2.75, 3.05) is 4.90 Å². The van der Waals surface area contributed by atoms with Crippen LogP contribution in [0, 0.1) is 0 Å². The molecule has 3 heteroatoms. The van der Waals surface area contributed by atoms with E-state index in [1.54, 1.807) is 0 Å². The van der Waals surface area contributed by atoms with Gasteiger partial charge in [-0.25, -0.2) is 0 Å². The number of fused-ring (bicyclic) bond motifs is 14. The molecule has 10 aromatic rings. The summed E-state index contributed by atoms with van der Waals surface area (Å²) in [5.41, 5.74) is 17.1. The van der Waals surface area contributed by atoms with Gasteiger partial charge in [-0.2, -0.15) is 0 Å². The highest BCUT2D eigenvalue weighted by atomic mass is 16.6. The van der Waals surface area contributed by atoms with Crippen molar-refractivity contribution in [2.24, 2.45) is 0 Å². The van der Waals surface area contributed by atoms with Gasteiger partial charge >= 0.3 is 0 Å². The molecule has 1 heterocycles. The molecule has 62 heavy (non-hydrogen) atoms. The lowest BCUT2D eigenvalue weighted by molar-refractivity contribution is 0.361. The molecule has 1 aliphatic heterocycles. The number of anilines is 3. The topological polar surface area (TPSA) is 21.7 Å². The van der Waals surface area contributed by atoms with Crippen molar-refractivity contribution in [3.05, 3.63) is 247 Å². The van der Waals surface area contributed by atoms with Crippen LogP contribution in [-0.2, 0) is 5.41 Å². The molecule has 10 aromatic carbocycles. The van der Waals surface area contributed by atoms with E-state index in [0.717, 1.165) is 51.0 Å². The number of rotatable bonds is 5. The Kier molecular flexibility index (Phi) is 7.52. The van der Waals surface area contributed by atoms with E-state index in [1.807, 2.05) is 12.1 Å². The Balaban J connectivity index is 0.884. The molecule has 0 bridgehead atoms. The van der Waals surface area contributed by atoms with E-state index in [4.69, 9.17) is 9.47 Å². The summed E-state index contributed by atoms with van der Waals surface area (Å²) < 4.78 is 14.0. The zero-order valence-electron chi connectivity index (χ0n) is 33.6. The Hall–Kier alpha value is -8.14. The first-order valence-corrected chi connectivity index (χ1v) is 21.2. The molecule has 0 radical (unpaired) electrons. The molecule has 2 aliphatic carbocycles. The Bertz CT molecular complexity index is 3360. The highest BCUT2D eigenvalue weighted by molar-refractivity contribution is 5.98. The zero-order chi connectivity index (χ0) is 40.8. The summed E-state index contributed by atoms with van der Waals surface area (Å²) >= 11 is 0. The van der Waals surface area contributed by atoms with E-state index in [-0.39, 0.29) is 0 Å². The highest BCUT2D eigenvalue weighted by Crippen LogP contribution is 2.66. The molecule has 0 atom stereocenters. The van der Waals surface area contributed by atoms with Crippen molar-refractivity contribution in [2.45, 2.75) is 5.41 Å². The van der Waals surface area contributed by atoms with Crippen LogP contribution >= 0.6 is 0 Å². The molecule has 0 unspecified atom stereocenters. The van der Waals surface area contributed by atoms with Gasteiger partial charge in [0.05, 0.1) is 5.41 Å². The predicted octanol–water partition coefficient (Wildman–Crippen LogP) is 15.9. The fourth-order valence-electron chi connectivity index (χ4n) is 10.4. The maximum atomic E-state index is 7.19. The van der Waals surface area contributed by atoms with Crippen LogP contribution in [0.25, 0.3) is 55.3 Å². The first-order chi connectivity index (χ1) is 30.7. The van der Waals surface area contributed by atoms with Gasteiger partial charge in [0, 0.05) is 28.2 Å². The maximum Gasteiger partial charge on any atom is 0.178 e. The molecule has 0 N–H and O–H groups in total. The van der Waals surface area contributed by atoms with Gasteiger partial charge in [0.1, 0.15) is 0 Å². The minimum absolute atomic E-state index is 0.464. The van der Waals surface area contributed by atoms with Gasteiger partial charge in [-0.3, -0.25) is 0 Å². The SMILES string of the molecule is c1ccc(N(c2ccc(-c3ccc4ccccc4c3)cc2)c2ccc(-c3cccc4c3Oc3c(ccc5c3-c3ccccc3C53c5ccccc5-c5ccccc53)O4)cc2)cc1. The average molecular weight is 792 g/mol. The number of hydrogen-bond donors (Lipinski definition) is 0. The van der Waals surface area contributed by atoms with Crippen molar-refractivity contribution in [3.8, 4) is 67.5 Å². The van der Waals surface area contributed by atoms with Crippen LogP contribution in [0.2, 0.25) is 0 Å². The molecule has 0 saturated carbocycles. The molecule has 1 spiro atoms. The molecule has 290 valence electrons. The van der Waals surface area contributed by atoms with Crippen LogP contribution in [-0.4, -0.2) is 0 Å². The standard InChI is InChI=1S/C59H37NO2/c1-2-15-43(16-3-1)60(44-31-27-39(28-32-44)42-26-25-38-13-4-5-14-41(38)37-42)45-33-29-40(30-34-45)46-20-12-24-54-57(46)62-58-55(61-54)36-35-53-56(58)49-19-8-11-23-52(49)59(53)50-21-9-6-17-47(50)48-18-7-10-22-51(48)59/h1-37H. The molecule has 0 fully saturated rings. The number of nitrogens with zero attached hydrogens (tertiary/aromatic N) is 1. The van der Waals surface area contributed by atoms with Crippen LogP contribution < -0.4 is 14.4 Å². The van der Waals surface area contributed by atoms with E-state index in [9.17, 15) is 0 Å². The number of para-hydroxylation sites is 2. The van der Waals surface area contributed by atoms with Crippen LogP contribution in [0.15, 0.2) is 224 Å². The van der Waals surface area contributed by atoms with Crippen LogP contribution in [0.5, 0.6) is 23.0 Å². The monoisotopic (exact) mass is 791 g/mol. The van der Waals surface area contributed by atoms with Crippen molar-refractivity contribution >= 4 is 27.8 Å². The van der Waals surface area contributed by atoms with E-state index < -0.39 is 5.41 Å². The van der Waals surface area contributed by atoms with E-state index in [2.05, 4.69) is 217 Å². The minimum Gasteiger partial charge on any atom is -0.449 e. The first-order valence-electron chi connectivity index (χ1n) is 21.2. The summed E-state index contributed by atoms with van der Waals surface area (Å²) in [5, 5.41) is 2.49. The van der Waals surface area contributed by atoms with Crippen molar-refractivity contribution in [1.82, 2.24) is 0 Å². The molecular weight excluding hydrogens is 755 g/mol. The van der Waals surface area contributed by atoms with Crippen molar-refractivity contribution in [1.29, 1.82) is 0 Å². The van der Waals surface area contributed by atoms with Crippen molar-refractivity contribution in [3.63, 3.8) is 0 Å². The Morgan fingerprint density at radius 2 is 0.839 bits per heavy atom. The molecule has 3 nitrogen and oxygen atoms in total. The summed E-state index contributed by atoms with van der Waals surface area (Å²) in [7, 11) is 0. The first kappa shape index (κ1) is 34.7. The summed E-state index contributed by atoms with van der Waals surface area (Å²) in [6.45, 7) is 0. The van der Waals surface area contributed by atoms with Gasteiger partial charge in [0.15, 0.2) is 23.0 Å². The second-order valence-electron chi connectivity index (χ2n) is 16.4. The van der Waals surface area contributed by atoms with Gasteiger partial charge in [-0.05, 0) is 121 Å². The Morgan fingerprint density at radius 3 is 1.55 bits per heavy atom. The highest BCUT2D eigenvalue weighted by Gasteiger charge is 2.53. The average Bonchev–Trinajstić information content (AvgIpc) is 3.82. The molecule has 0 saturated heterocycles. The third kappa shape index (κ3) is 5.00. The predicted molar refractivity (Wildman–Crippen MR) is 252 cm³/mol. The molecule has 3 aliphatic rings. The summed E-state index contributed by atoms with van der Waals surface area (Å²) in [6.07, 6.45) is 0. The fraction of sp³-hybridized carbons (Fsp3) is 0.0169. The fourth-order valence-corrected chi connectivity index (χ4v) is 10.4. The van der Waals surface area contributed by atoms with Crippen LogP contribution in [0.3, 0.4) is 0 Å². The van der Waals surface area contributed by atoms with Gasteiger partial charge in [-0.1, -0.05) is 170 Å². The lowest BCUT2D eigenvalue weighted by Gasteiger charge is -2.31. The summed E-state index contributed by atoms with van der Waals surface area (Å²) in [5.74, 6) is 2.90. The van der Waals surface area contributed by atoms with Gasteiger partial charge in [0.2, 0.25) is 0 Å². The molecule has 0 amide bonds. The third-order valence-electron chi connectivity index (χ3n) is 13.1. The smallest absolute Gasteiger partial charge is 0.178 e. The molecule has 0 aromatic heterocycles. The molecular formula is C59H37NO2. The Labute approximate surface area is 360 Å². The molecule has 13 rings (SSSR count). The Morgan fingerprint density at radius 1 is 0.306 bits per heavy atom. The summed E-state index contributed by atoms with van der Waals surface area (Å²) in [4.78, 5) is 2.31. The maximum absolute atomic E-state index is 7.19. The largest absolute Gasteiger partial charge is 0.449 e.